The molecular formula is C24H31N3O5S2. The zero-order valence-electron chi connectivity index (χ0n) is 20.0. The molecule has 1 saturated heterocycles. The van der Waals surface area contributed by atoms with Crippen molar-refractivity contribution in [1.82, 2.24) is 13.7 Å². The van der Waals surface area contributed by atoms with Crippen LogP contribution in [0.25, 0.3) is 5.57 Å². The Morgan fingerprint density at radius 1 is 1.18 bits per heavy atom. The van der Waals surface area contributed by atoms with E-state index < -0.39 is 26.0 Å². The number of carbonyl (C=O) groups is 1. The zero-order chi connectivity index (χ0) is 24.9. The lowest BCUT2D eigenvalue weighted by molar-refractivity contribution is 0.0983. The highest BCUT2D eigenvalue weighted by molar-refractivity contribution is 8.04. The fourth-order valence-corrected chi connectivity index (χ4v) is 8.52. The molecule has 0 radical (unpaired) electrons. The Bertz CT molecular complexity index is 1330. The fraction of sp³-hybridized carbons (Fsp3) is 0.500. The minimum Gasteiger partial charge on any atom is -0.340 e. The Morgan fingerprint density at radius 3 is 2.41 bits per heavy atom. The number of hydrogen-bond acceptors (Lipinski definition) is 6. The van der Waals surface area contributed by atoms with Crippen LogP contribution in [0.5, 0.6) is 0 Å². The van der Waals surface area contributed by atoms with Crippen molar-refractivity contribution < 1.29 is 21.6 Å². The van der Waals surface area contributed by atoms with Crippen LogP contribution >= 0.6 is 0 Å². The number of carbonyl (C=O) groups excluding carboxylic acids is 1. The number of ketones is 1. The smallest absolute Gasteiger partial charge is 0.227 e. The van der Waals surface area contributed by atoms with E-state index in [0.29, 0.717) is 15.1 Å². The van der Waals surface area contributed by atoms with Crippen LogP contribution < -0.4 is 0 Å². The summed E-state index contributed by atoms with van der Waals surface area (Å²) in [5.41, 5.74) is 4.48. The number of Topliss-reactive ketones (excluding diaryl/α,β-unsaturated/α-hetero) is 1. The molecule has 8 nitrogen and oxygen atoms in total. The molecule has 2 aromatic rings. The molecule has 0 unspecified atom stereocenters. The van der Waals surface area contributed by atoms with Gasteiger partial charge in [-0.25, -0.2) is 21.8 Å². The van der Waals surface area contributed by atoms with Crippen molar-refractivity contribution in [3.8, 4) is 0 Å². The van der Waals surface area contributed by atoms with Crippen molar-refractivity contribution in [1.29, 1.82) is 0 Å². The predicted molar refractivity (Wildman–Crippen MR) is 131 cm³/mol. The molecule has 10 heteroatoms. The molecule has 2 aliphatic rings. The van der Waals surface area contributed by atoms with E-state index in [2.05, 4.69) is 29.9 Å². The second-order valence-electron chi connectivity index (χ2n) is 10.2. The van der Waals surface area contributed by atoms with Crippen LogP contribution in [0.3, 0.4) is 0 Å². The third-order valence-electron chi connectivity index (χ3n) is 6.85. The highest BCUT2D eigenvalue weighted by Gasteiger charge is 2.41. The number of nitrogens with zero attached hydrogens (tertiary/aromatic N) is 2. The quantitative estimate of drug-likeness (QED) is 0.622. The van der Waals surface area contributed by atoms with Gasteiger partial charge in [-0.15, -0.1) is 0 Å². The third-order valence-corrected chi connectivity index (χ3v) is 11.4. The highest BCUT2D eigenvalue weighted by Crippen LogP contribution is 2.40. The summed E-state index contributed by atoms with van der Waals surface area (Å²) in [4.78, 5) is 20.0. The number of sulfonamides is 2. The molecule has 1 aliphatic carbocycles. The maximum atomic E-state index is 12.9. The first-order valence-electron chi connectivity index (χ1n) is 11.3. The first-order valence-corrected chi connectivity index (χ1v) is 14.6. The number of rotatable bonds is 5. The molecule has 0 bridgehead atoms. The van der Waals surface area contributed by atoms with E-state index in [9.17, 15) is 21.6 Å². The van der Waals surface area contributed by atoms with Crippen molar-refractivity contribution in [2.45, 2.75) is 52.4 Å². The molecule has 34 heavy (non-hydrogen) atoms. The summed E-state index contributed by atoms with van der Waals surface area (Å²) < 4.78 is 50.5. The summed E-state index contributed by atoms with van der Waals surface area (Å²) in [7, 11) is -6.75. The average Bonchev–Trinajstić information content (AvgIpc) is 3.18. The number of aryl methyl sites for hydroxylation is 1. The number of allylic oxidation sites excluding steroid dienone is 2. The van der Waals surface area contributed by atoms with Crippen molar-refractivity contribution in [3.63, 3.8) is 0 Å². The van der Waals surface area contributed by atoms with Crippen molar-refractivity contribution >= 4 is 31.4 Å². The standard InChI is InChI=1S/C24H31N3O5S2/c1-16-13-25-23(26-16)22(28)12-19-6-5-18(11-21(19)17-7-9-24(2,3)10-8-17)20-14-33(29,30)27(4)34(31,32)15-20/h5-7,11,13,20H,8-10,12,14-15H2,1-4H3,(H,25,26). The van der Waals surface area contributed by atoms with Gasteiger partial charge in [0.05, 0.1) is 11.5 Å². The van der Waals surface area contributed by atoms with E-state index >= 15 is 0 Å². The van der Waals surface area contributed by atoms with Crippen LogP contribution in [0, 0.1) is 12.3 Å². The van der Waals surface area contributed by atoms with Crippen LogP contribution in [-0.4, -0.2) is 54.9 Å². The zero-order valence-corrected chi connectivity index (χ0v) is 21.6. The van der Waals surface area contributed by atoms with Crippen LogP contribution in [-0.2, 0) is 26.5 Å². The SMILES string of the molecule is Cc1cnc(C(=O)Cc2ccc(C3CS(=O)(=O)N(C)S(=O)(=O)C3)cc2C2=CCC(C)(C)CC2)[nH]1. The molecule has 1 N–H and O–H groups in total. The summed E-state index contributed by atoms with van der Waals surface area (Å²) in [6, 6.07) is 5.48. The van der Waals surface area contributed by atoms with Gasteiger partial charge in [0.2, 0.25) is 25.8 Å². The number of H-pyrrole nitrogens is 1. The number of nitrogens with one attached hydrogen (secondary N) is 1. The normalized spacial score (nSPS) is 22.3. The molecule has 1 aliphatic heterocycles. The molecule has 184 valence electrons. The van der Waals surface area contributed by atoms with Gasteiger partial charge in [-0.1, -0.05) is 41.8 Å². The molecule has 0 amide bonds. The summed E-state index contributed by atoms with van der Waals surface area (Å²) in [5.74, 6) is -1.03. The van der Waals surface area contributed by atoms with Crippen LogP contribution in [0.1, 0.15) is 72.0 Å². The lowest BCUT2D eigenvalue weighted by atomic mass is 9.76. The predicted octanol–water partition coefficient (Wildman–Crippen LogP) is 3.43. The van der Waals surface area contributed by atoms with Gasteiger partial charge in [0, 0.05) is 31.3 Å². The molecule has 1 aromatic heterocycles. The molecule has 2 heterocycles. The van der Waals surface area contributed by atoms with Gasteiger partial charge < -0.3 is 4.98 Å². The monoisotopic (exact) mass is 505 g/mol. The highest BCUT2D eigenvalue weighted by atomic mass is 32.3. The largest absolute Gasteiger partial charge is 0.340 e. The summed E-state index contributed by atoms with van der Waals surface area (Å²) in [6.07, 6.45) is 6.67. The van der Waals surface area contributed by atoms with Crippen molar-refractivity contribution in [3.05, 3.63) is 58.7 Å². The van der Waals surface area contributed by atoms with Gasteiger partial charge in [-0.05, 0) is 53.9 Å². The maximum absolute atomic E-state index is 12.9. The van der Waals surface area contributed by atoms with Crippen LogP contribution in [0.4, 0.5) is 0 Å². The topological polar surface area (TPSA) is 117 Å². The lowest BCUT2D eigenvalue weighted by Gasteiger charge is -2.31. The van der Waals surface area contributed by atoms with Gasteiger partial charge in [-0.2, -0.15) is 0 Å². The maximum Gasteiger partial charge on any atom is 0.227 e. The second-order valence-corrected chi connectivity index (χ2v) is 14.5. The molecule has 0 atom stereocenters. The molecule has 0 saturated carbocycles. The fourth-order valence-electron chi connectivity index (χ4n) is 4.57. The Balaban J connectivity index is 1.73. The van der Waals surface area contributed by atoms with E-state index in [4.69, 9.17) is 0 Å². The van der Waals surface area contributed by atoms with Crippen molar-refractivity contribution in [2.75, 3.05) is 18.6 Å². The van der Waals surface area contributed by atoms with Gasteiger partial charge in [0.1, 0.15) is 0 Å². The number of benzene rings is 1. The minimum absolute atomic E-state index is 0.136. The molecule has 1 aromatic carbocycles. The van der Waals surface area contributed by atoms with Gasteiger partial charge in [0.25, 0.3) is 0 Å². The molecule has 0 spiro atoms. The van der Waals surface area contributed by atoms with E-state index in [1.807, 2.05) is 19.1 Å². The van der Waals surface area contributed by atoms with E-state index in [1.165, 1.54) is 0 Å². The molecular weight excluding hydrogens is 474 g/mol. The minimum atomic E-state index is -3.92. The van der Waals surface area contributed by atoms with E-state index in [-0.39, 0.29) is 29.1 Å². The van der Waals surface area contributed by atoms with E-state index in [0.717, 1.165) is 48.7 Å². The summed E-state index contributed by atoms with van der Waals surface area (Å²) in [5, 5.41) is 0. The molecule has 1 fully saturated rings. The third kappa shape index (κ3) is 5.04. The Morgan fingerprint density at radius 2 is 1.85 bits per heavy atom. The number of hydrogen-bond donors (Lipinski definition) is 1. The van der Waals surface area contributed by atoms with Gasteiger partial charge in [-0.3, -0.25) is 4.79 Å². The van der Waals surface area contributed by atoms with Gasteiger partial charge >= 0.3 is 0 Å². The number of imidazole rings is 1. The Labute approximate surface area is 201 Å². The van der Waals surface area contributed by atoms with Crippen molar-refractivity contribution in [2.24, 2.45) is 5.41 Å². The average molecular weight is 506 g/mol. The first-order chi connectivity index (χ1) is 15.8. The summed E-state index contributed by atoms with van der Waals surface area (Å²) >= 11 is 0. The van der Waals surface area contributed by atoms with E-state index in [1.54, 1.807) is 12.3 Å². The second kappa shape index (κ2) is 8.73. The van der Waals surface area contributed by atoms with Crippen LogP contribution in [0.15, 0.2) is 30.5 Å². The first kappa shape index (κ1) is 24.8. The number of aromatic nitrogens is 2. The van der Waals surface area contributed by atoms with Gasteiger partial charge in [0.15, 0.2) is 5.82 Å². The van der Waals surface area contributed by atoms with Crippen LogP contribution in [0.2, 0.25) is 0 Å². The number of aromatic amines is 1. The Hall–Kier alpha value is -2.30. The lowest BCUT2D eigenvalue weighted by Crippen LogP contribution is -2.45. The summed E-state index contributed by atoms with van der Waals surface area (Å²) in [6.45, 7) is 6.27. The molecule has 4 rings (SSSR count). The Kier molecular flexibility index (Phi) is 6.37.